The highest BCUT2D eigenvalue weighted by Gasteiger charge is 2.25. The van der Waals surface area contributed by atoms with Crippen LogP contribution in [0.2, 0.25) is 0 Å². The number of hydrogen-bond acceptors (Lipinski definition) is 7. The van der Waals surface area contributed by atoms with Crippen molar-refractivity contribution in [3.63, 3.8) is 0 Å². The summed E-state index contributed by atoms with van der Waals surface area (Å²) in [4.78, 5) is 44.7. The second kappa shape index (κ2) is 9.70. The largest absolute Gasteiger partial charge is 0.466 e. The van der Waals surface area contributed by atoms with Crippen molar-refractivity contribution in [1.82, 2.24) is 0 Å². The fourth-order valence-corrected chi connectivity index (χ4v) is 1.10. The molecule has 22 heavy (non-hydrogen) atoms. The smallest absolute Gasteiger partial charge is 0.331 e. The van der Waals surface area contributed by atoms with Crippen LogP contribution in [0.15, 0.2) is 12.2 Å². The molecular formula is C15H22O7. The zero-order valence-corrected chi connectivity index (χ0v) is 13.3. The number of hydrogen-bond donors (Lipinski definition) is 0. The van der Waals surface area contributed by atoms with E-state index < -0.39 is 29.3 Å². The molecule has 0 unspecified atom stereocenters. The summed E-state index contributed by atoms with van der Waals surface area (Å²) in [7, 11) is 1.20. The number of rotatable bonds is 7. The van der Waals surface area contributed by atoms with Gasteiger partial charge in [0.25, 0.3) is 0 Å². The Morgan fingerprint density at radius 1 is 0.955 bits per heavy atom. The average molecular weight is 314 g/mol. The van der Waals surface area contributed by atoms with Crippen LogP contribution in [0.3, 0.4) is 0 Å². The monoisotopic (exact) mass is 314 g/mol. The molecule has 0 radical (unpaired) electrons. The predicted octanol–water partition coefficient (Wildman–Crippen LogP) is 1.54. The van der Waals surface area contributed by atoms with Gasteiger partial charge in [0.05, 0.1) is 19.1 Å². The van der Waals surface area contributed by atoms with Gasteiger partial charge < -0.3 is 14.2 Å². The van der Waals surface area contributed by atoms with Gasteiger partial charge in [-0.1, -0.05) is 0 Å². The Bertz CT molecular complexity index is 443. The van der Waals surface area contributed by atoms with Crippen LogP contribution in [0, 0.1) is 5.41 Å². The van der Waals surface area contributed by atoms with E-state index in [4.69, 9.17) is 4.74 Å². The van der Waals surface area contributed by atoms with Crippen molar-refractivity contribution >= 4 is 23.9 Å². The molecule has 124 valence electrons. The standard InChI is InChI=1S/C15H22O7/c1-15(2,3)14(19)22-13(18)7-5-6-10-21-12(17)9-8-11(16)20-4/h8-9H,5-7,10H2,1-4H3. The van der Waals surface area contributed by atoms with Crippen molar-refractivity contribution in [2.75, 3.05) is 13.7 Å². The lowest BCUT2D eigenvalue weighted by Gasteiger charge is -2.15. The Labute approximate surface area is 129 Å². The minimum Gasteiger partial charge on any atom is -0.466 e. The number of methoxy groups -OCH3 is 1. The van der Waals surface area contributed by atoms with Crippen LogP contribution in [0.5, 0.6) is 0 Å². The lowest BCUT2D eigenvalue weighted by atomic mass is 9.97. The van der Waals surface area contributed by atoms with Crippen LogP contribution < -0.4 is 0 Å². The normalized spacial score (nSPS) is 11.1. The van der Waals surface area contributed by atoms with E-state index >= 15 is 0 Å². The fourth-order valence-electron chi connectivity index (χ4n) is 1.10. The van der Waals surface area contributed by atoms with Crippen molar-refractivity contribution in [3.05, 3.63) is 12.2 Å². The van der Waals surface area contributed by atoms with Crippen molar-refractivity contribution < 1.29 is 33.4 Å². The van der Waals surface area contributed by atoms with Crippen LogP contribution in [-0.4, -0.2) is 37.6 Å². The molecule has 0 fully saturated rings. The summed E-state index contributed by atoms with van der Waals surface area (Å²) < 4.78 is 13.8. The second-order valence-corrected chi connectivity index (χ2v) is 5.49. The SMILES string of the molecule is COC(=O)C=CC(=O)OCCCCC(=O)OC(=O)C(C)(C)C. The second-order valence-electron chi connectivity index (χ2n) is 5.49. The number of unbranched alkanes of at least 4 members (excludes halogenated alkanes) is 1. The van der Waals surface area contributed by atoms with E-state index in [1.807, 2.05) is 0 Å². The molecule has 7 heteroatoms. The topological polar surface area (TPSA) is 96.0 Å². The summed E-state index contributed by atoms with van der Waals surface area (Å²) in [6.07, 6.45) is 2.85. The van der Waals surface area contributed by atoms with Crippen LogP contribution in [0.25, 0.3) is 0 Å². The van der Waals surface area contributed by atoms with Crippen molar-refractivity contribution in [2.45, 2.75) is 40.0 Å². The average Bonchev–Trinajstić information content (AvgIpc) is 2.43. The van der Waals surface area contributed by atoms with Gasteiger partial charge in [-0.15, -0.1) is 0 Å². The minimum atomic E-state index is -0.725. The molecule has 0 heterocycles. The highest BCUT2D eigenvalue weighted by Crippen LogP contribution is 2.15. The van der Waals surface area contributed by atoms with Gasteiger partial charge in [-0.2, -0.15) is 0 Å². The van der Waals surface area contributed by atoms with Gasteiger partial charge >= 0.3 is 23.9 Å². The van der Waals surface area contributed by atoms with E-state index in [9.17, 15) is 19.2 Å². The third kappa shape index (κ3) is 9.68. The molecule has 0 aliphatic heterocycles. The molecule has 0 aromatic carbocycles. The maximum Gasteiger partial charge on any atom is 0.331 e. The van der Waals surface area contributed by atoms with E-state index in [1.54, 1.807) is 20.8 Å². The van der Waals surface area contributed by atoms with E-state index in [-0.39, 0.29) is 13.0 Å². The Morgan fingerprint density at radius 2 is 1.55 bits per heavy atom. The molecule has 0 N–H and O–H groups in total. The predicted molar refractivity (Wildman–Crippen MR) is 76.5 cm³/mol. The summed E-state index contributed by atoms with van der Waals surface area (Å²) in [5.41, 5.74) is -0.725. The molecule has 0 atom stereocenters. The third-order valence-corrected chi connectivity index (χ3v) is 2.40. The Hall–Kier alpha value is -2.18. The molecule has 0 saturated carbocycles. The van der Waals surface area contributed by atoms with Gasteiger partial charge in [0.2, 0.25) is 0 Å². The maximum atomic E-state index is 11.4. The lowest BCUT2D eigenvalue weighted by molar-refractivity contribution is -0.165. The van der Waals surface area contributed by atoms with Gasteiger partial charge in [-0.25, -0.2) is 9.59 Å². The zero-order chi connectivity index (χ0) is 17.2. The molecule has 0 aliphatic carbocycles. The van der Waals surface area contributed by atoms with Gasteiger partial charge in [-0.05, 0) is 33.6 Å². The van der Waals surface area contributed by atoms with E-state index in [1.165, 1.54) is 7.11 Å². The first-order valence-electron chi connectivity index (χ1n) is 6.84. The molecule has 0 aromatic heterocycles. The summed E-state index contributed by atoms with van der Waals surface area (Å²) in [5.74, 6) is -2.49. The van der Waals surface area contributed by atoms with E-state index in [0.717, 1.165) is 12.2 Å². The lowest BCUT2D eigenvalue weighted by Crippen LogP contribution is -2.25. The number of ether oxygens (including phenoxy) is 3. The van der Waals surface area contributed by atoms with E-state index in [0.29, 0.717) is 12.8 Å². The van der Waals surface area contributed by atoms with Crippen molar-refractivity contribution in [3.8, 4) is 0 Å². The number of esters is 4. The summed E-state index contributed by atoms with van der Waals surface area (Å²) in [6, 6.07) is 0. The fraction of sp³-hybridized carbons (Fsp3) is 0.600. The molecular weight excluding hydrogens is 292 g/mol. The Morgan fingerprint density at radius 3 is 2.09 bits per heavy atom. The highest BCUT2D eigenvalue weighted by atomic mass is 16.6. The number of carbonyl (C=O) groups is 4. The molecule has 0 spiro atoms. The summed E-state index contributed by atoms with van der Waals surface area (Å²) >= 11 is 0. The van der Waals surface area contributed by atoms with Gasteiger partial charge in [0, 0.05) is 18.6 Å². The molecule has 0 amide bonds. The molecule has 0 saturated heterocycles. The number of carbonyl (C=O) groups excluding carboxylic acids is 4. The molecule has 7 nitrogen and oxygen atoms in total. The first-order chi connectivity index (χ1) is 10.2. The zero-order valence-electron chi connectivity index (χ0n) is 13.3. The Balaban J connectivity index is 3.79. The highest BCUT2D eigenvalue weighted by molar-refractivity contribution is 5.91. The summed E-state index contributed by atoms with van der Waals surface area (Å²) in [6.45, 7) is 5.07. The van der Waals surface area contributed by atoms with Crippen LogP contribution >= 0.6 is 0 Å². The summed E-state index contributed by atoms with van der Waals surface area (Å²) in [5, 5.41) is 0. The first-order valence-corrected chi connectivity index (χ1v) is 6.84. The Kier molecular flexibility index (Phi) is 8.74. The quantitative estimate of drug-likeness (QED) is 0.231. The molecule has 0 rings (SSSR count). The van der Waals surface area contributed by atoms with Crippen LogP contribution in [-0.2, 0) is 33.4 Å². The molecule has 0 aliphatic rings. The van der Waals surface area contributed by atoms with Crippen LogP contribution in [0.1, 0.15) is 40.0 Å². The van der Waals surface area contributed by atoms with E-state index in [2.05, 4.69) is 9.47 Å². The van der Waals surface area contributed by atoms with Gasteiger partial charge in [0.1, 0.15) is 0 Å². The first kappa shape index (κ1) is 19.8. The van der Waals surface area contributed by atoms with Crippen molar-refractivity contribution in [1.29, 1.82) is 0 Å². The van der Waals surface area contributed by atoms with Crippen LogP contribution in [0.4, 0.5) is 0 Å². The van der Waals surface area contributed by atoms with Gasteiger partial charge in [-0.3, -0.25) is 9.59 Å². The third-order valence-electron chi connectivity index (χ3n) is 2.40. The van der Waals surface area contributed by atoms with Crippen molar-refractivity contribution in [2.24, 2.45) is 5.41 Å². The molecule has 0 aromatic rings. The van der Waals surface area contributed by atoms with Gasteiger partial charge in [0.15, 0.2) is 0 Å². The minimum absolute atomic E-state index is 0.0668. The maximum absolute atomic E-state index is 11.4. The molecule has 0 bridgehead atoms.